The van der Waals surface area contributed by atoms with Gasteiger partial charge in [0.15, 0.2) is 5.52 Å². The molecule has 6 rings (SSSR count). The average Bonchev–Trinajstić information content (AvgIpc) is 3.56. The van der Waals surface area contributed by atoms with Gasteiger partial charge in [-0.05, 0) is 37.5 Å². The van der Waals surface area contributed by atoms with Gasteiger partial charge in [-0.15, -0.1) is 0 Å². The van der Waals surface area contributed by atoms with Crippen molar-refractivity contribution in [1.29, 1.82) is 0 Å². The molecule has 2 N–H and O–H groups in total. The summed E-state index contributed by atoms with van der Waals surface area (Å²) in [5.74, 6) is 0.240. The van der Waals surface area contributed by atoms with Crippen LogP contribution in [0.4, 0.5) is 5.69 Å². The molecular weight excluding hydrogens is 404 g/mol. The molecule has 1 aliphatic heterocycles. The number of hydrogen-bond acceptors (Lipinski definition) is 5. The van der Waals surface area contributed by atoms with Gasteiger partial charge in [0, 0.05) is 37.2 Å². The number of hydrogen-bond donors (Lipinski definition) is 2. The Labute approximate surface area is 185 Å². The molecule has 0 amide bonds. The van der Waals surface area contributed by atoms with Gasteiger partial charge in [-0.2, -0.15) is 5.10 Å². The SMILES string of the molecule is O=c1[nH]cnn2c(-c3ccc4c(c3)ncn4C3CCCCC3)cc(N3CC[C@H](CO)C3)c12. The number of nitrogens with zero attached hydrogens (tertiary/aromatic N) is 5. The van der Waals surface area contributed by atoms with E-state index in [2.05, 4.69) is 43.8 Å². The number of imidazole rings is 1. The Morgan fingerprint density at radius 1 is 1.12 bits per heavy atom. The van der Waals surface area contributed by atoms with Gasteiger partial charge >= 0.3 is 0 Å². The summed E-state index contributed by atoms with van der Waals surface area (Å²) in [7, 11) is 0. The summed E-state index contributed by atoms with van der Waals surface area (Å²) >= 11 is 0. The van der Waals surface area contributed by atoms with Crippen LogP contribution < -0.4 is 10.5 Å². The topological polar surface area (TPSA) is 91.4 Å². The number of nitrogens with one attached hydrogen (secondary N) is 1. The van der Waals surface area contributed by atoms with Crippen LogP contribution in [0.5, 0.6) is 0 Å². The molecule has 8 nitrogen and oxygen atoms in total. The van der Waals surface area contributed by atoms with Crippen LogP contribution in [0.2, 0.25) is 0 Å². The van der Waals surface area contributed by atoms with E-state index in [0.717, 1.165) is 47.5 Å². The van der Waals surface area contributed by atoms with Gasteiger partial charge in [0.05, 0.1) is 28.7 Å². The number of H-pyrrole nitrogens is 1. The third-order valence-corrected chi connectivity index (χ3v) is 7.26. The van der Waals surface area contributed by atoms with Crippen molar-refractivity contribution in [3.8, 4) is 11.3 Å². The summed E-state index contributed by atoms with van der Waals surface area (Å²) in [6, 6.07) is 8.95. The lowest BCUT2D eigenvalue weighted by Gasteiger charge is -2.23. The lowest BCUT2D eigenvalue weighted by Crippen LogP contribution is -2.22. The second-order valence-corrected chi connectivity index (χ2v) is 9.22. The van der Waals surface area contributed by atoms with Gasteiger partial charge in [0.25, 0.3) is 5.56 Å². The molecule has 4 aromatic rings. The first kappa shape index (κ1) is 19.5. The number of anilines is 1. The van der Waals surface area contributed by atoms with Gasteiger partial charge < -0.3 is 19.6 Å². The van der Waals surface area contributed by atoms with Gasteiger partial charge in [0.2, 0.25) is 0 Å². The largest absolute Gasteiger partial charge is 0.396 e. The van der Waals surface area contributed by atoms with Crippen LogP contribution in [-0.4, -0.2) is 49.0 Å². The Kier molecular flexibility index (Phi) is 4.75. The van der Waals surface area contributed by atoms with E-state index in [0.29, 0.717) is 11.6 Å². The van der Waals surface area contributed by atoms with Crippen LogP contribution in [0.25, 0.3) is 27.8 Å². The third-order valence-electron chi connectivity index (χ3n) is 7.26. The molecule has 0 spiro atoms. The van der Waals surface area contributed by atoms with Crippen molar-refractivity contribution in [2.75, 3.05) is 24.6 Å². The van der Waals surface area contributed by atoms with Crippen molar-refractivity contribution in [1.82, 2.24) is 24.1 Å². The second-order valence-electron chi connectivity index (χ2n) is 9.22. The molecule has 166 valence electrons. The Balaban J connectivity index is 1.44. The molecule has 1 saturated heterocycles. The smallest absolute Gasteiger partial charge is 0.277 e. The average molecular weight is 433 g/mol. The highest BCUT2D eigenvalue weighted by Crippen LogP contribution is 2.35. The van der Waals surface area contributed by atoms with Crippen molar-refractivity contribution in [3.63, 3.8) is 0 Å². The van der Waals surface area contributed by atoms with Crippen molar-refractivity contribution in [2.24, 2.45) is 5.92 Å². The standard InChI is InChI=1S/C24H28N6O2/c31-13-16-8-9-28(12-16)22-11-21(30-23(22)24(32)25-14-27-30)17-6-7-20-19(10-17)26-15-29(20)18-4-2-1-3-5-18/h6-7,10-11,14-16,18,31H,1-5,8-9,12-13H2,(H,25,27,32)/t16-/m0/s1. The van der Waals surface area contributed by atoms with Crippen LogP contribution in [0, 0.1) is 5.92 Å². The van der Waals surface area contributed by atoms with E-state index in [9.17, 15) is 9.90 Å². The summed E-state index contributed by atoms with van der Waals surface area (Å²) in [5.41, 5.74) is 5.27. The minimum Gasteiger partial charge on any atom is -0.396 e. The molecule has 2 aliphatic rings. The highest BCUT2D eigenvalue weighted by atomic mass is 16.3. The van der Waals surface area contributed by atoms with Crippen LogP contribution in [0.15, 0.2) is 41.7 Å². The molecule has 32 heavy (non-hydrogen) atoms. The van der Waals surface area contributed by atoms with E-state index in [1.54, 1.807) is 4.52 Å². The zero-order chi connectivity index (χ0) is 21.7. The highest BCUT2D eigenvalue weighted by molar-refractivity contribution is 5.86. The van der Waals surface area contributed by atoms with Gasteiger partial charge in [-0.25, -0.2) is 9.50 Å². The summed E-state index contributed by atoms with van der Waals surface area (Å²) in [5, 5.41) is 14.0. The Bertz CT molecular complexity index is 1330. The summed E-state index contributed by atoms with van der Waals surface area (Å²) in [4.78, 5) is 22.4. The van der Waals surface area contributed by atoms with Crippen molar-refractivity contribution >= 4 is 22.2 Å². The molecule has 1 atom stereocenters. The number of aromatic nitrogens is 5. The Morgan fingerprint density at radius 3 is 2.81 bits per heavy atom. The predicted octanol–water partition coefficient (Wildman–Crippen LogP) is 3.36. The molecule has 0 radical (unpaired) electrons. The fraction of sp³-hybridized carbons (Fsp3) is 0.458. The van der Waals surface area contributed by atoms with E-state index >= 15 is 0 Å². The number of rotatable bonds is 4. The predicted molar refractivity (Wildman–Crippen MR) is 124 cm³/mol. The van der Waals surface area contributed by atoms with Crippen LogP contribution in [0.1, 0.15) is 44.6 Å². The first-order valence-electron chi connectivity index (χ1n) is 11.6. The van der Waals surface area contributed by atoms with Gasteiger partial charge in [-0.1, -0.05) is 25.3 Å². The zero-order valence-corrected chi connectivity index (χ0v) is 18.1. The van der Waals surface area contributed by atoms with Crippen LogP contribution in [-0.2, 0) is 0 Å². The van der Waals surface area contributed by atoms with E-state index in [-0.39, 0.29) is 18.1 Å². The minimum atomic E-state index is -0.156. The number of aliphatic hydroxyl groups is 1. The molecule has 1 aliphatic carbocycles. The molecule has 0 unspecified atom stereocenters. The number of aliphatic hydroxyl groups excluding tert-OH is 1. The van der Waals surface area contributed by atoms with Crippen LogP contribution >= 0.6 is 0 Å². The molecule has 0 bridgehead atoms. The van der Waals surface area contributed by atoms with E-state index < -0.39 is 0 Å². The summed E-state index contributed by atoms with van der Waals surface area (Å²) < 4.78 is 4.07. The maximum absolute atomic E-state index is 12.7. The molecule has 1 saturated carbocycles. The van der Waals surface area contributed by atoms with Gasteiger partial charge in [0.1, 0.15) is 6.33 Å². The summed E-state index contributed by atoms with van der Waals surface area (Å²) in [6.45, 7) is 1.74. The fourth-order valence-corrected chi connectivity index (χ4v) is 5.52. The van der Waals surface area contributed by atoms with Crippen molar-refractivity contribution < 1.29 is 5.11 Å². The van der Waals surface area contributed by atoms with E-state index in [1.807, 2.05) is 6.33 Å². The second kappa shape index (κ2) is 7.78. The zero-order valence-electron chi connectivity index (χ0n) is 18.1. The maximum atomic E-state index is 12.7. The maximum Gasteiger partial charge on any atom is 0.277 e. The first-order chi connectivity index (χ1) is 15.7. The van der Waals surface area contributed by atoms with E-state index in [4.69, 9.17) is 4.98 Å². The number of benzene rings is 1. The third kappa shape index (κ3) is 3.12. The fourth-order valence-electron chi connectivity index (χ4n) is 5.52. The van der Waals surface area contributed by atoms with Crippen molar-refractivity contribution in [2.45, 2.75) is 44.6 Å². The Morgan fingerprint density at radius 2 is 2.00 bits per heavy atom. The first-order valence-corrected chi connectivity index (χ1v) is 11.6. The van der Waals surface area contributed by atoms with Crippen LogP contribution in [0.3, 0.4) is 0 Å². The van der Waals surface area contributed by atoms with Crippen molar-refractivity contribution in [3.05, 3.63) is 47.3 Å². The lowest BCUT2D eigenvalue weighted by molar-refractivity contribution is 0.238. The quantitative estimate of drug-likeness (QED) is 0.516. The van der Waals surface area contributed by atoms with E-state index in [1.165, 1.54) is 38.4 Å². The van der Waals surface area contributed by atoms with Gasteiger partial charge in [-0.3, -0.25) is 4.79 Å². The summed E-state index contributed by atoms with van der Waals surface area (Å²) in [6.07, 6.45) is 10.7. The monoisotopic (exact) mass is 432 g/mol. The molecule has 2 fully saturated rings. The number of aromatic amines is 1. The molecule has 8 heteroatoms. The number of fused-ring (bicyclic) bond motifs is 2. The minimum absolute atomic E-state index is 0.156. The molecule has 4 heterocycles. The molecular formula is C24H28N6O2. The lowest BCUT2D eigenvalue weighted by atomic mass is 9.95. The Hall–Kier alpha value is -3.13. The normalized spacial score (nSPS) is 20.0. The molecule has 3 aromatic heterocycles. The molecule has 1 aromatic carbocycles. The highest BCUT2D eigenvalue weighted by Gasteiger charge is 2.27.